The Morgan fingerprint density at radius 2 is 2.19 bits per heavy atom. The van der Waals surface area contributed by atoms with Gasteiger partial charge < -0.3 is 10.1 Å². The van der Waals surface area contributed by atoms with E-state index in [1.165, 1.54) is 0 Å². The highest BCUT2D eigenvalue weighted by molar-refractivity contribution is 5.78. The van der Waals surface area contributed by atoms with Crippen molar-refractivity contribution in [3.8, 4) is 6.07 Å². The van der Waals surface area contributed by atoms with Crippen LogP contribution in [0, 0.1) is 17.2 Å². The fraction of sp³-hybridized carbons (Fsp3) is 0.833. The SMILES string of the molecule is CCOCC(=O)NC1(C#N)CCC(C)CC1. The lowest BCUT2D eigenvalue weighted by Gasteiger charge is -2.34. The molecular weight excluding hydrogens is 204 g/mol. The zero-order valence-electron chi connectivity index (χ0n) is 10.1. The minimum Gasteiger partial charge on any atom is -0.372 e. The smallest absolute Gasteiger partial charge is 0.247 e. The second kappa shape index (κ2) is 5.86. The summed E-state index contributed by atoms with van der Waals surface area (Å²) in [5, 5.41) is 12.0. The lowest BCUT2D eigenvalue weighted by molar-refractivity contribution is -0.127. The molecule has 0 unspecified atom stereocenters. The first-order chi connectivity index (χ1) is 7.62. The molecule has 1 saturated carbocycles. The Morgan fingerprint density at radius 3 is 2.69 bits per heavy atom. The summed E-state index contributed by atoms with van der Waals surface area (Å²) < 4.78 is 5.03. The van der Waals surface area contributed by atoms with Gasteiger partial charge in [0.15, 0.2) is 0 Å². The first-order valence-corrected chi connectivity index (χ1v) is 5.92. The highest BCUT2D eigenvalue weighted by Gasteiger charge is 2.35. The third-order valence-corrected chi connectivity index (χ3v) is 3.16. The Labute approximate surface area is 97.0 Å². The predicted octanol–water partition coefficient (Wildman–Crippen LogP) is 1.61. The average Bonchev–Trinajstić information content (AvgIpc) is 2.30. The van der Waals surface area contributed by atoms with Crippen molar-refractivity contribution < 1.29 is 9.53 Å². The average molecular weight is 224 g/mol. The summed E-state index contributed by atoms with van der Waals surface area (Å²) in [6, 6.07) is 2.26. The molecule has 0 aromatic carbocycles. The van der Waals surface area contributed by atoms with Crippen LogP contribution in [0.4, 0.5) is 0 Å². The van der Waals surface area contributed by atoms with Gasteiger partial charge in [-0.25, -0.2) is 0 Å². The molecule has 0 aliphatic heterocycles. The normalized spacial score (nSPS) is 29.4. The molecule has 0 heterocycles. The van der Waals surface area contributed by atoms with Crippen LogP contribution in [0.5, 0.6) is 0 Å². The summed E-state index contributed by atoms with van der Waals surface area (Å²) in [6.07, 6.45) is 3.51. The van der Waals surface area contributed by atoms with Crippen molar-refractivity contribution in [1.29, 1.82) is 5.26 Å². The summed E-state index contributed by atoms with van der Waals surface area (Å²) in [7, 11) is 0. The highest BCUT2D eigenvalue weighted by Crippen LogP contribution is 2.31. The molecule has 0 spiro atoms. The lowest BCUT2D eigenvalue weighted by Crippen LogP contribution is -2.50. The number of ether oxygens (including phenoxy) is 1. The van der Waals surface area contributed by atoms with E-state index in [9.17, 15) is 10.1 Å². The molecule has 90 valence electrons. The number of nitriles is 1. The number of hydrogen-bond acceptors (Lipinski definition) is 3. The summed E-state index contributed by atoms with van der Waals surface area (Å²) in [5.41, 5.74) is -0.652. The number of nitrogens with one attached hydrogen (secondary N) is 1. The zero-order chi connectivity index (χ0) is 12.0. The number of rotatable bonds is 4. The summed E-state index contributed by atoms with van der Waals surface area (Å²) in [5.74, 6) is 0.475. The van der Waals surface area contributed by atoms with Gasteiger partial charge in [-0.05, 0) is 38.5 Å². The highest BCUT2D eigenvalue weighted by atomic mass is 16.5. The number of nitrogens with zero attached hydrogens (tertiary/aromatic N) is 1. The Balaban J connectivity index is 2.48. The van der Waals surface area contributed by atoms with Crippen LogP contribution < -0.4 is 5.32 Å². The first kappa shape index (κ1) is 13.0. The maximum absolute atomic E-state index is 11.5. The van der Waals surface area contributed by atoms with Gasteiger partial charge in [-0.1, -0.05) is 6.92 Å². The maximum Gasteiger partial charge on any atom is 0.247 e. The van der Waals surface area contributed by atoms with E-state index in [1.54, 1.807) is 0 Å². The fourth-order valence-corrected chi connectivity index (χ4v) is 2.02. The van der Waals surface area contributed by atoms with Crippen molar-refractivity contribution in [2.45, 2.75) is 45.1 Å². The van der Waals surface area contributed by atoms with Crippen molar-refractivity contribution in [3.05, 3.63) is 0 Å². The molecule has 1 fully saturated rings. The molecule has 0 atom stereocenters. The topological polar surface area (TPSA) is 62.1 Å². The molecule has 0 radical (unpaired) electrons. The predicted molar refractivity (Wildman–Crippen MR) is 60.6 cm³/mol. The molecule has 0 aromatic heterocycles. The second-order valence-corrected chi connectivity index (χ2v) is 4.56. The molecule has 1 aliphatic carbocycles. The van der Waals surface area contributed by atoms with Gasteiger partial charge in [-0.3, -0.25) is 4.79 Å². The van der Waals surface area contributed by atoms with E-state index in [2.05, 4.69) is 18.3 Å². The Bertz CT molecular complexity index is 275. The number of hydrogen-bond donors (Lipinski definition) is 1. The molecule has 1 aliphatic rings. The molecule has 1 amide bonds. The quantitative estimate of drug-likeness (QED) is 0.789. The van der Waals surface area contributed by atoms with Crippen LogP contribution in [0.25, 0.3) is 0 Å². The molecule has 1 rings (SSSR count). The molecule has 0 saturated heterocycles. The third-order valence-electron chi connectivity index (χ3n) is 3.16. The van der Waals surface area contributed by atoms with E-state index in [0.717, 1.165) is 25.7 Å². The van der Waals surface area contributed by atoms with Crippen molar-refractivity contribution in [3.63, 3.8) is 0 Å². The minimum absolute atomic E-state index is 0.0511. The Hall–Kier alpha value is -1.08. The van der Waals surface area contributed by atoms with Crippen LogP contribution in [0.15, 0.2) is 0 Å². The van der Waals surface area contributed by atoms with E-state index in [4.69, 9.17) is 4.74 Å². The molecule has 0 bridgehead atoms. The van der Waals surface area contributed by atoms with E-state index in [1.807, 2.05) is 6.92 Å². The van der Waals surface area contributed by atoms with E-state index in [-0.39, 0.29) is 12.5 Å². The molecule has 4 heteroatoms. The molecule has 0 aromatic rings. The van der Waals surface area contributed by atoms with Crippen LogP contribution in [0.1, 0.15) is 39.5 Å². The monoisotopic (exact) mass is 224 g/mol. The molecule has 16 heavy (non-hydrogen) atoms. The number of carbonyl (C=O) groups is 1. The fourth-order valence-electron chi connectivity index (χ4n) is 2.02. The molecule has 1 N–H and O–H groups in total. The molecule has 4 nitrogen and oxygen atoms in total. The lowest BCUT2D eigenvalue weighted by atomic mass is 9.78. The summed E-state index contributed by atoms with van der Waals surface area (Å²) >= 11 is 0. The largest absolute Gasteiger partial charge is 0.372 e. The van der Waals surface area contributed by atoms with Gasteiger partial charge in [-0.2, -0.15) is 5.26 Å². The van der Waals surface area contributed by atoms with Crippen molar-refractivity contribution in [2.75, 3.05) is 13.2 Å². The minimum atomic E-state index is -0.652. The summed E-state index contributed by atoms with van der Waals surface area (Å²) in [6.45, 7) is 4.60. The third kappa shape index (κ3) is 3.49. The summed E-state index contributed by atoms with van der Waals surface area (Å²) in [4.78, 5) is 11.5. The van der Waals surface area contributed by atoms with Gasteiger partial charge in [0.1, 0.15) is 12.1 Å². The van der Waals surface area contributed by atoms with Gasteiger partial charge in [0, 0.05) is 6.61 Å². The standard InChI is InChI=1S/C12H20N2O2/c1-3-16-8-11(15)14-12(9-13)6-4-10(2)5-7-12/h10H,3-8H2,1-2H3,(H,14,15). The first-order valence-electron chi connectivity index (χ1n) is 5.92. The zero-order valence-corrected chi connectivity index (χ0v) is 10.1. The van der Waals surface area contributed by atoms with E-state index < -0.39 is 5.54 Å². The van der Waals surface area contributed by atoms with Crippen LogP contribution >= 0.6 is 0 Å². The Morgan fingerprint density at radius 1 is 1.56 bits per heavy atom. The van der Waals surface area contributed by atoms with E-state index in [0.29, 0.717) is 12.5 Å². The Kier molecular flexibility index (Phi) is 4.75. The van der Waals surface area contributed by atoms with Gasteiger partial charge in [0.05, 0.1) is 6.07 Å². The number of amides is 1. The van der Waals surface area contributed by atoms with Gasteiger partial charge in [-0.15, -0.1) is 0 Å². The van der Waals surface area contributed by atoms with Crippen LogP contribution in [0.3, 0.4) is 0 Å². The molecular formula is C12H20N2O2. The van der Waals surface area contributed by atoms with Crippen LogP contribution in [0.2, 0.25) is 0 Å². The van der Waals surface area contributed by atoms with Crippen molar-refractivity contribution >= 4 is 5.91 Å². The van der Waals surface area contributed by atoms with Gasteiger partial charge >= 0.3 is 0 Å². The van der Waals surface area contributed by atoms with Gasteiger partial charge in [0.25, 0.3) is 0 Å². The van der Waals surface area contributed by atoms with Crippen LogP contribution in [-0.4, -0.2) is 24.7 Å². The van der Waals surface area contributed by atoms with Crippen molar-refractivity contribution in [2.24, 2.45) is 5.92 Å². The van der Waals surface area contributed by atoms with E-state index >= 15 is 0 Å². The second-order valence-electron chi connectivity index (χ2n) is 4.56. The maximum atomic E-state index is 11.5. The van der Waals surface area contributed by atoms with Gasteiger partial charge in [0.2, 0.25) is 5.91 Å². The van der Waals surface area contributed by atoms with Crippen LogP contribution in [-0.2, 0) is 9.53 Å². The van der Waals surface area contributed by atoms with Crippen molar-refractivity contribution in [1.82, 2.24) is 5.32 Å². The number of carbonyl (C=O) groups excluding carboxylic acids is 1.